The molecule has 0 atom stereocenters. The van der Waals surface area contributed by atoms with E-state index in [1.54, 1.807) is 12.1 Å². The highest BCUT2D eigenvalue weighted by atomic mass is 35.5. The fourth-order valence-corrected chi connectivity index (χ4v) is 2.90. The van der Waals surface area contributed by atoms with Crippen LogP contribution in [-0.2, 0) is 0 Å². The largest absolute Gasteiger partial charge is 0.399 e. The van der Waals surface area contributed by atoms with Crippen molar-refractivity contribution in [2.24, 2.45) is 0 Å². The maximum absolute atomic E-state index is 6.24. The molecule has 2 N–H and O–H groups in total. The monoisotopic (exact) mass is 273 g/mol. The molecule has 0 bridgehead atoms. The van der Waals surface area contributed by atoms with Crippen LogP contribution >= 0.6 is 23.2 Å². The highest BCUT2D eigenvalue weighted by Gasteiger charge is 2.18. The summed E-state index contributed by atoms with van der Waals surface area (Å²) in [4.78, 5) is 4.56. The lowest BCUT2D eigenvalue weighted by molar-refractivity contribution is 0.360. The molecule has 1 aromatic rings. The Morgan fingerprint density at radius 2 is 1.71 bits per heavy atom. The van der Waals surface area contributed by atoms with Gasteiger partial charge in [-0.15, -0.1) is 0 Å². The first-order chi connectivity index (χ1) is 8.08. The molecule has 2 rings (SSSR count). The van der Waals surface area contributed by atoms with E-state index in [2.05, 4.69) is 16.8 Å². The number of hydrogen-bond donors (Lipinski definition) is 1. The average molecular weight is 274 g/mol. The quantitative estimate of drug-likeness (QED) is 0.799. The number of rotatable bonds is 1. The van der Waals surface area contributed by atoms with Crippen LogP contribution in [0.15, 0.2) is 12.1 Å². The second-order valence-corrected chi connectivity index (χ2v) is 5.29. The number of nitrogens with zero attached hydrogens (tertiary/aromatic N) is 2. The minimum atomic E-state index is 0.607. The number of halogens is 2. The van der Waals surface area contributed by atoms with Crippen molar-refractivity contribution in [3.63, 3.8) is 0 Å². The Bertz CT molecular complexity index is 386. The van der Waals surface area contributed by atoms with E-state index in [9.17, 15) is 0 Å². The van der Waals surface area contributed by atoms with Gasteiger partial charge in [0.1, 0.15) is 0 Å². The summed E-state index contributed by atoms with van der Waals surface area (Å²) >= 11 is 12.5. The Labute approximate surface area is 112 Å². The highest BCUT2D eigenvalue weighted by Crippen LogP contribution is 2.36. The summed E-state index contributed by atoms with van der Waals surface area (Å²) in [5.74, 6) is 0. The van der Waals surface area contributed by atoms with Gasteiger partial charge in [-0.1, -0.05) is 23.2 Å². The molecule has 3 nitrogen and oxygen atoms in total. The van der Waals surface area contributed by atoms with Gasteiger partial charge in [-0.2, -0.15) is 0 Å². The van der Waals surface area contributed by atoms with Crippen LogP contribution in [0.2, 0.25) is 10.0 Å². The minimum absolute atomic E-state index is 0.607. The minimum Gasteiger partial charge on any atom is -0.399 e. The van der Waals surface area contributed by atoms with Crippen molar-refractivity contribution in [2.45, 2.75) is 6.42 Å². The molecule has 1 aliphatic heterocycles. The lowest BCUT2D eigenvalue weighted by atomic mass is 10.2. The Kier molecular flexibility index (Phi) is 4.02. The first-order valence-corrected chi connectivity index (χ1v) is 6.51. The van der Waals surface area contributed by atoms with E-state index in [-0.39, 0.29) is 0 Å². The van der Waals surface area contributed by atoms with Gasteiger partial charge in [0.15, 0.2) is 0 Å². The van der Waals surface area contributed by atoms with E-state index in [0.717, 1.165) is 38.3 Å². The second kappa shape index (κ2) is 5.34. The molecule has 0 unspecified atom stereocenters. The van der Waals surface area contributed by atoms with Crippen molar-refractivity contribution >= 4 is 34.6 Å². The van der Waals surface area contributed by atoms with E-state index < -0.39 is 0 Å². The van der Waals surface area contributed by atoms with Crippen molar-refractivity contribution < 1.29 is 0 Å². The summed E-state index contributed by atoms with van der Waals surface area (Å²) in [6.07, 6.45) is 1.12. The molecule has 0 aliphatic carbocycles. The molecular weight excluding hydrogens is 257 g/mol. The Balaban J connectivity index is 2.27. The van der Waals surface area contributed by atoms with Crippen molar-refractivity contribution in [3.05, 3.63) is 22.2 Å². The van der Waals surface area contributed by atoms with Gasteiger partial charge in [-0.25, -0.2) is 0 Å². The van der Waals surface area contributed by atoms with Crippen LogP contribution in [0.25, 0.3) is 0 Å². The number of nitrogen functional groups attached to an aromatic ring is 1. The lowest BCUT2D eigenvalue weighted by Crippen LogP contribution is -2.29. The van der Waals surface area contributed by atoms with Gasteiger partial charge in [0.2, 0.25) is 0 Å². The lowest BCUT2D eigenvalue weighted by Gasteiger charge is -2.25. The second-order valence-electron chi connectivity index (χ2n) is 4.48. The molecule has 0 saturated carbocycles. The molecule has 1 aliphatic rings. The average Bonchev–Trinajstić information content (AvgIpc) is 2.42. The zero-order chi connectivity index (χ0) is 12.4. The van der Waals surface area contributed by atoms with Gasteiger partial charge < -0.3 is 15.5 Å². The standard InChI is InChI=1S/C12H17Cl2N3/c1-16-3-2-4-17(6-5-16)12-10(13)7-9(15)8-11(12)14/h7-8H,2-6,15H2,1H3. The van der Waals surface area contributed by atoms with Crippen LogP contribution in [0, 0.1) is 0 Å². The first kappa shape index (κ1) is 12.8. The highest BCUT2D eigenvalue weighted by molar-refractivity contribution is 6.39. The Morgan fingerprint density at radius 3 is 2.35 bits per heavy atom. The van der Waals surface area contributed by atoms with Gasteiger partial charge in [0, 0.05) is 25.3 Å². The van der Waals surface area contributed by atoms with Gasteiger partial charge in [0.25, 0.3) is 0 Å². The number of likely N-dealkylation sites (N-methyl/N-ethyl adjacent to an activating group) is 1. The fraction of sp³-hybridized carbons (Fsp3) is 0.500. The molecule has 5 heteroatoms. The molecule has 17 heavy (non-hydrogen) atoms. The molecule has 1 heterocycles. The van der Waals surface area contributed by atoms with Crippen molar-refractivity contribution in [2.75, 3.05) is 43.9 Å². The van der Waals surface area contributed by atoms with Crippen LogP contribution in [0.3, 0.4) is 0 Å². The molecule has 0 amide bonds. The van der Waals surface area contributed by atoms with Gasteiger partial charge in [0.05, 0.1) is 15.7 Å². The first-order valence-electron chi connectivity index (χ1n) is 5.76. The number of hydrogen-bond acceptors (Lipinski definition) is 3. The van der Waals surface area contributed by atoms with Crippen molar-refractivity contribution in [3.8, 4) is 0 Å². The Morgan fingerprint density at radius 1 is 1.06 bits per heavy atom. The van der Waals surface area contributed by atoms with Gasteiger partial charge >= 0.3 is 0 Å². The molecule has 0 spiro atoms. The zero-order valence-electron chi connectivity index (χ0n) is 9.92. The summed E-state index contributed by atoms with van der Waals surface area (Å²) in [5, 5.41) is 1.28. The van der Waals surface area contributed by atoms with Gasteiger partial charge in [-0.3, -0.25) is 0 Å². The number of nitrogens with two attached hydrogens (primary N) is 1. The maximum Gasteiger partial charge on any atom is 0.0746 e. The topological polar surface area (TPSA) is 32.5 Å². The third-order valence-electron chi connectivity index (χ3n) is 3.07. The molecule has 1 aromatic carbocycles. The molecule has 1 fully saturated rings. The van der Waals surface area contributed by atoms with E-state index in [4.69, 9.17) is 28.9 Å². The van der Waals surface area contributed by atoms with Gasteiger partial charge in [-0.05, 0) is 32.1 Å². The maximum atomic E-state index is 6.24. The summed E-state index contributed by atoms with van der Waals surface area (Å²) in [6, 6.07) is 3.52. The summed E-state index contributed by atoms with van der Waals surface area (Å²) in [7, 11) is 2.13. The van der Waals surface area contributed by atoms with Crippen LogP contribution in [0.4, 0.5) is 11.4 Å². The van der Waals surface area contributed by atoms with Crippen LogP contribution in [-0.4, -0.2) is 38.1 Å². The fourth-order valence-electron chi connectivity index (χ4n) is 2.16. The molecular formula is C12H17Cl2N3. The molecule has 94 valence electrons. The zero-order valence-corrected chi connectivity index (χ0v) is 11.4. The number of benzene rings is 1. The normalized spacial score (nSPS) is 18.2. The Hall–Kier alpha value is -0.640. The number of anilines is 2. The van der Waals surface area contributed by atoms with Crippen LogP contribution < -0.4 is 10.6 Å². The van der Waals surface area contributed by atoms with Crippen molar-refractivity contribution in [1.82, 2.24) is 4.90 Å². The summed E-state index contributed by atoms with van der Waals surface area (Å²) in [6.45, 7) is 4.06. The van der Waals surface area contributed by atoms with E-state index >= 15 is 0 Å². The third-order valence-corrected chi connectivity index (χ3v) is 3.65. The summed E-state index contributed by atoms with van der Waals surface area (Å²) < 4.78 is 0. The third kappa shape index (κ3) is 2.97. The molecule has 0 aromatic heterocycles. The van der Waals surface area contributed by atoms with E-state index in [1.165, 1.54) is 0 Å². The van der Waals surface area contributed by atoms with Crippen LogP contribution in [0.5, 0.6) is 0 Å². The molecule has 0 radical (unpaired) electrons. The summed E-state index contributed by atoms with van der Waals surface area (Å²) in [5.41, 5.74) is 7.24. The van der Waals surface area contributed by atoms with E-state index in [0.29, 0.717) is 15.7 Å². The predicted molar refractivity (Wildman–Crippen MR) is 75.2 cm³/mol. The van der Waals surface area contributed by atoms with Crippen molar-refractivity contribution in [1.29, 1.82) is 0 Å². The SMILES string of the molecule is CN1CCCN(c2c(Cl)cc(N)cc2Cl)CC1. The molecule has 1 saturated heterocycles. The smallest absolute Gasteiger partial charge is 0.0746 e. The van der Waals surface area contributed by atoms with Crippen LogP contribution in [0.1, 0.15) is 6.42 Å². The van der Waals surface area contributed by atoms with E-state index in [1.807, 2.05) is 0 Å². The predicted octanol–water partition coefficient (Wildman–Crippen LogP) is 2.72.